The molecule has 0 aliphatic heterocycles. The lowest BCUT2D eigenvalue weighted by Crippen LogP contribution is -2.08. The Bertz CT molecular complexity index is 802. The van der Waals surface area contributed by atoms with Crippen molar-refractivity contribution in [3.63, 3.8) is 0 Å². The number of halogens is 1. The molecular weight excluding hydrogens is 314 g/mol. The molecule has 1 aromatic heterocycles. The van der Waals surface area contributed by atoms with E-state index in [9.17, 15) is 0 Å². The van der Waals surface area contributed by atoms with E-state index in [-0.39, 0.29) is 6.61 Å². The Kier molecular flexibility index (Phi) is 4.48. The van der Waals surface area contributed by atoms with Gasteiger partial charge in [-0.05, 0) is 24.3 Å². The fraction of sp³-hybridized carbons (Fsp3) is 0.176. The summed E-state index contributed by atoms with van der Waals surface area (Å²) in [5.74, 6) is 1.60. The van der Waals surface area contributed by atoms with Crippen molar-refractivity contribution in [1.29, 1.82) is 0 Å². The number of aromatic nitrogens is 2. The Balaban J connectivity index is 1.70. The molecule has 0 saturated heterocycles. The fourth-order valence-corrected chi connectivity index (χ4v) is 2.27. The maximum Gasteiger partial charge on any atom is 0.259 e. The molecular formula is C17H16ClN3O2. The van der Waals surface area contributed by atoms with Crippen LogP contribution in [-0.2, 0) is 6.61 Å². The minimum Gasteiger partial charge on any atom is -0.485 e. The zero-order valence-corrected chi connectivity index (χ0v) is 13.6. The van der Waals surface area contributed by atoms with Crippen LogP contribution in [0, 0.1) is 0 Å². The maximum atomic E-state index is 6.12. The van der Waals surface area contributed by atoms with E-state index in [2.05, 4.69) is 10.1 Å². The summed E-state index contributed by atoms with van der Waals surface area (Å²) in [6.45, 7) is 0.227. The van der Waals surface area contributed by atoms with Crippen molar-refractivity contribution >= 4 is 17.3 Å². The highest BCUT2D eigenvalue weighted by Gasteiger charge is 2.12. The molecule has 118 valence electrons. The third kappa shape index (κ3) is 3.63. The number of benzene rings is 2. The summed E-state index contributed by atoms with van der Waals surface area (Å²) in [5, 5.41) is 4.50. The summed E-state index contributed by atoms with van der Waals surface area (Å²) < 4.78 is 11.0. The zero-order valence-electron chi connectivity index (χ0n) is 12.9. The van der Waals surface area contributed by atoms with E-state index in [1.54, 1.807) is 6.07 Å². The van der Waals surface area contributed by atoms with Crippen molar-refractivity contribution in [2.75, 3.05) is 19.0 Å². The van der Waals surface area contributed by atoms with E-state index < -0.39 is 0 Å². The third-order valence-corrected chi connectivity index (χ3v) is 3.60. The Morgan fingerprint density at radius 3 is 2.74 bits per heavy atom. The third-order valence-electron chi connectivity index (χ3n) is 3.27. The van der Waals surface area contributed by atoms with Crippen molar-refractivity contribution < 1.29 is 9.26 Å². The van der Waals surface area contributed by atoms with Crippen molar-refractivity contribution in [2.45, 2.75) is 6.61 Å². The summed E-state index contributed by atoms with van der Waals surface area (Å²) >= 11 is 6.12. The van der Waals surface area contributed by atoms with Gasteiger partial charge in [0.2, 0.25) is 5.82 Å². The molecule has 0 amide bonds. The number of nitrogens with zero attached hydrogens (tertiary/aromatic N) is 3. The molecule has 0 bridgehead atoms. The first kappa shape index (κ1) is 15.4. The van der Waals surface area contributed by atoms with Gasteiger partial charge in [-0.1, -0.05) is 35.0 Å². The van der Waals surface area contributed by atoms with Crippen LogP contribution in [0.1, 0.15) is 5.82 Å². The standard InChI is InChI=1S/C17H16ClN3O2/c1-21(2)12-6-5-7-13(10-12)22-11-16-19-17(23-20-16)14-8-3-4-9-15(14)18/h3-10H,11H2,1-2H3. The molecule has 0 unspecified atom stereocenters. The molecule has 0 fully saturated rings. The average molecular weight is 330 g/mol. The quantitative estimate of drug-likeness (QED) is 0.707. The first-order valence-electron chi connectivity index (χ1n) is 7.11. The summed E-state index contributed by atoms with van der Waals surface area (Å²) in [6, 6.07) is 15.1. The predicted octanol–water partition coefficient (Wildman–Crippen LogP) is 4.04. The van der Waals surface area contributed by atoms with Crippen LogP contribution in [0.25, 0.3) is 11.5 Å². The van der Waals surface area contributed by atoms with Gasteiger partial charge in [0.05, 0.1) is 10.6 Å². The van der Waals surface area contributed by atoms with Gasteiger partial charge in [0.25, 0.3) is 5.89 Å². The van der Waals surface area contributed by atoms with Crippen molar-refractivity contribution in [3.05, 3.63) is 59.4 Å². The van der Waals surface area contributed by atoms with Crippen molar-refractivity contribution in [3.8, 4) is 17.2 Å². The summed E-state index contributed by atoms with van der Waals surface area (Å²) in [4.78, 5) is 6.33. The van der Waals surface area contributed by atoms with Gasteiger partial charge in [-0.2, -0.15) is 4.98 Å². The van der Waals surface area contributed by atoms with Gasteiger partial charge in [-0.3, -0.25) is 0 Å². The summed E-state index contributed by atoms with van der Waals surface area (Å²) in [7, 11) is 3.96. The highest BCUT2D eigenvalue weighted by molar-refractivity contribution is 6.33. The number of anilines is 1. The molecule has 0 aliphatic carbocycles. The molecule has 0 saturated carbocycles. The van der Waals surface area contributed by atoms with Gasteiger partial charge < -0.3 is 14.2 Å². The van der Waals surface area contributed by atoms with Crippen molar-refractivity contribution in [2.24, 2.45) is 0 Å². The number of hydrogen-bond acceptors (Lipinski definition) is 5. The maximum absolute atomic E-state index is 6.12. The van der Waals surface area contributed by atoms with Gasteiger partial charge in [0.1, 0.15) is 5.75 Å². The number of ether oxygens (including phenoxy) is 1. The lowest BCUT2D eigenvalue weighted by molar-refractivity contribution is 0.287. The largest absolute Gasteiger partial charge is 0.485 e. The van der Waals surface area contributed by atoms with Gasteiger partial charge in [-0.25, -0.2) is 0 Å². The number of rotatable bonds is 5. The molecule has 0 radical (unpaired) electrons. The molecule has 0 N–H and O–H groups in total. The number of hydrogen-bond donors (Lipinski definition) is 0. The molecule has 5 nitrogen and oxygen atoms in total. The van der Waals surface area contributed by atoms with Gasteiger partial charge >= 0.3 is 0 Å². The molecule has 1 heterocycles. The second kappa shape index (κ2) is 6.71. The minimum absolute atomic E-state index is 0.227. The molecule has 3 aromatic rings. The second-order valence-electron chi connectivity index (χ2n) is 5.18. The predicted molar refractivity (Wildman–Crippen MR) is 89.8 cm³/mol. The van der Waals surface area contributed by atoms with Gasteiger partial charge in [0.15, 0.2) is 6.61 Å². The van der Waals surface area contributed by atoms with E-state index in [4.69, 9.17) is 20.9 Å². The monoisotopic (exact) mass is 329 g/mol. The van der Waals surface area contributed by atoms with Crippen LogP contribution in [0.3, 0.4) is 0 Å². The van der Waals surface area contributed by atoms with Crippen LogP contribution in [0.15, 0.2) is 53.1 Å². The van der Waals surface area contributed by atoms with Crippen LogP contribution in [0.4, 0.5) is 5.69 Å². The second-order valence-corrected chi connectivity index (χ2v) is 5.58. The Morgan fingerprint density at radius 1 is 1.13 bits per heavy atom. The molecule has 2 aromatic carbocycles. The van der Waals surface area contributed by atoms with Crippen LogP contribution >= 0.6 is 11.6 Å². The zero-order chi connectivity index (χ0) is 16.2. The molecule has 3 rings (SSSR count). The minimum atomic E-state index is 0.227. The lowest BCUT2D eigenvalue weighted by atomic mass is 10.2. The molecule has 0 atom stereocenters. The van der Waals surface area contributed by atoms with Crippen LogP contribution in [0.2, 0.25) is 5.02 Å². The van der Waals surface area contributed by atoms with E-state index >= 15 is 0 Å². The molecule has 0 aliphatic rings. The first-order valence-corrected chi connectivity index (χ1v) is 7.49. The SMILES string of the molecule is CN(C)c1cccc(OCc2noc(-c3ccccc3Cl)n2)c1. The topological polar surface area (TPSA) is 51.4 Å². The van der Waals surface area contributed by atoms with Crippen molar-refractivity contribution in [1.82, 2.24) is 10.1 Å². The highest BCUT2D eigenvalue weighted by Crippen LogP contribution is 2.26. The van der Waals surface area contributed by atoms with Crippen LogP contribution in [0.5, 0.6) is 5.75 Å². The lowest BCUT2D eigenvalue weighted by Gasteiger charge is -2.13. The summed E-state index contributed by atoms with van der Waals surface area (Å²) in [6.07, 6.45) is 0. The Hall–Kier alpha value is -2.53. The van der Waals surface area contributed by atoms with Crippen LogP contribution < -0.4 is 9.64 Å². The van der Waals surface area contributed by atoms with E-state index in [0.717, 1.165) is 11.4 Å². The van der Waals surface area contributed by atoms with Gasteiger partial charge in [-0.15, -0.1) is 0 Å². The highest BCUT2D eigenvalue weighted by atomic mass is 35.5. The van der Waals surface area contributed by atoms with E-state index in [1.165, 1.54) is 0 Å². The normalized spacial score (nSPS) is 10.6. The Morgan fingerprint density at radius 2 is 1.96 bits per heavy atom. The van der Waals surface area contributed by atoms with Gasteiger partial charge in [0, 0.05) is 25.8 Å². The average Bonchev–Trinajstić information content (AvgIpc) is 3.02. The molecule has 6 heteroatoms. The first-order chi connectivity index (χ1) is 11.1. The van der Waals surface area contributed by atoms with E-state index in [0.29, 0.717) is 22.3 Å². The smallest absolute Gasteiger partial charge is 0.259 e. The fourth-order valence-electron chi connectivity index (χ4n) is 2.06. The molecule has 0 spiro atoms. The Labute approximate surface area is 139 Å². The van der Waals surface area contributed by atoms with E-state index in [1.807, 2.05) is 61.5 Å². The summed E-state index contributed by atoms with van der Waals surface area (Å²) in [5.41, 5.74) is 1.77. The van der Waals surface area contributed by atoms with Crippen LogP contribution in [-0.4, -0.2) is 24.2 Å². The molecule has 23 heavy (non-hydrogen) atoms.